The Kier molecular flexibility index (Phi) is 4.41. The number of benzene rings is 1. The number of rotatable bonds is 5. The van der Waals surface area contributed by atoms with Gasteiger partial charge in [0.05, 0.1) is 23.4 Å². The molecule has 0 unspecified atom stereocenters. The van der Waals surface area contributed by atoms with E-state index in [0.717, 1.165) is 28.2 Å². The molecule has 0 spiro atoms. The van der Waals surface area contributed by atoms with Crippen molar-refractivity contribution < 1.29 is 9.90 Å². The summed E-state index contributed by atoms with van der Waals surface area (Å²) in [5.74, 6) is -1.04. The molecule has 0 atom stereocenters. The van der Waals surface area contributed by atoms with Gasteiger partial charge in [0.15, 0.2) is 5.69 Å². The number of carboxylic acids is 1. The minimum absolute atomic E-state index is 0.0376. The number of carboxylic acid groups (broad SMARTS) is 1. The first-order valence-electron chi connectivity index (χ1n) is 8.59. The summed E-state index contributed by atoms with van der Waals surface area (Å²) < 4.78 is 3.52. The van der Waals surface area contributed by atoms with Gasteiger partial charge in [-0.2, -0.15) is 10.2 Å². The lowest BCUT2D eigenvalue weighted by Gasteiger charge is -2.09. The fraction of sp³-hybridized carbons (Fsp3) is 0.150. The van der Waals surface area contributed by atoms with E-state index in [2.05, 4.69) is 5.10 Å². The molecule has 3 aromatic heterocycles. The Balaban J connectivity index is 1.80. The molecule has 1 N–H and O–H groups in total. The van der Waals surface area contributed by atoms with Gasteiger partial charge < -0.3 is 5.11 Å². The van der Waals surface area contributed by atoms with Gasteiger partial charge in [-0.1, -0.05) is 48.9 Å². The van der Waals surface area contributed by atoms with E-state index < -0.39 is 5.97 Å². The molecule has 136 valence electrons. The Hall–Kier alpha value is -3.12. The van der Waals surface area contributed by atoms with E-state index in [1.165, 1.54) is 0 Å². The minimum atomic E-state index is -1.04. The predicted molar refractivity (Wildman–Crippen MR) is 103 cm³/mol. The van der Waals surface area contributed by atoms with Crippen LogP contribution in [0.1, 0.15) is 28.8 Å². The zero-order valence-electron chi connectivity index (χ0n) is 14.6. The summed E-state index contributed by atoms with van der Waals surface area (Å²) in [5.41, 5.74) is 4.45. The highest BCUT2D eigenvalue weighted by molar-refractivity contribution is 6.31. The minimum Gasteiger partial charge on any atom is -0.476 e. The van der Waals surface area contributed by atoms with Gasteiger partial charge in [-0.3, -0.25) is 4.68 Å². The highest BCUT2D eigenvalue weighted by Gasteiger charge is 2.15. The molecule has 0 aliphatic rings. The highest BCUT2D eigenvalue weighted by Crippen LogP contribution is 2.24. The third kappa shape index (κ3) is 3.31. The molecule has 0 fully saturated rings. The molecule has 0 saturated heterocycles. The molecular formula is C20H17ClN4O2. The lowest BCUT2D eigenvalue weighted by Crippen LogP contribution is -2.11. The number of aromatic nitrogens is 4. The van der Waals surface area contributed by atoms with Crippen LogP contribution < -0.4 is 0 Å². The topological polar surface area (TPSA) is 72.4 Å². The van der Waals surface area contributed by atoms with Crippen molar-refractivity contribution in [3.8, 4) is 11.3 Å². The summed E-state index contributed by atoms with van der Waals surface area (Å²) in [4.78, 5) is 11.2. The number of aromatic carboxylic acids is 1. The van der Waals surface area contributed by atoms with Crippen molar-refractivity contribution in [3.05, 3.63) is 76.7 Å². The van der Waals surface area contributed by atoms with Crippen molar-refractivity contribution in [1.29, 1.82) is 0 Å². The molecule has 0 radical (unpaired) electrons. The maximum atomic E-state index is 11.2. The summed E-state index contributed by atoms with van der Waals surface area (Å²) >= 11 is 6.31. The maximum Gasteiger partial charge on any atom is 0.356 e. The molecule has 0 bridgehead atoms. The van der Waals surface area contributed by atoms with Crippen molar-refractivity contribution >= 4 is 23.1 Å². The van der Waals surface area contributed by atoms with Gasteiger partial charge in [0.1, 0.15) is 0 Å². The third-order valence-electron chi connectivity index (χ3n) is 4.43. The van der Waals surface area contributed by atoms with Crippen LogP contribution in [0.15, 0.2) is 54.6 Å². The first kappa shape index (κ1) is 17.3. The highest BCUT2D eigenvalue weighted by atomic mass is 35.5. The van der Waals surface area contributed by atoms with Crippen molar-refractivity contribution in [3.63, 3.8) is 0 Å². The zero-order valence-corrected chi connectivity index (χ0v) is 15.4. The van der Waals surface area contributed by atoms with Crippen molar-refractivity contribution in [1.82, 2.24) is 19.4 Å². The summed E-state index contributed by atoms with van der Waals surface area (Å²) in [7, 11) is 0. The molecule has 27 heavy (non-hydrogen) atoms. The van der Waals surface area contributed by atoms with Gasteiger partial charge in [0.25, 0.3) is 0 Å². The van der Waals surface area contributed by atoms with Crippen LogP contribution in [0.25, 0.3) is 16.8 Å². The first-order valence-corrected chi connectivity index (χ1v) is 8.96. The quantitative estimate of drug-likeness (QED) is 0.564. The summed E-state index contributed by atoms with van der Waals surface area (Å²) in [6, 6.07) is 17.2. The van der Waals surface area contributed by atoms with E-state index in [4.69, 9.17) is 16.7 Å². The van der Waals surface area contributed by atoms with E-state index in [1.54, 1.807) is 10.7 Å². The Morgan fingerprint density at radius 2 is 1.85 bits per heavy atom. The lowest BCUT2D eigenvalue weighted by molar-refractivity contribution is 0.0689. The van der Waals surface area contributed by atoms with Gasteiger partial charge >= 0.3 is 5.97 Å². The van der Waals surface area contributed by atoms with Crippen LogP contribution in [-0.4, -0.2) is 30.5 Å². The van der Waals surface area contributed by atoms with Crippen LogP contribution in [0, 0.1) is 0 Å². The standard InChI is InChI=1S/C20H17ClN4O2/c1-2-15-10-19(20(26)27)22-24(15)12-17-9-14(21)8-16-11-18(23-25(16)17)13-6-4-3-5-7-13/h3-11H,2,12H2,1H3,(H,26,27). The predicted octanol–water partition coefficient (Wildman–Crippen LogP) is 4.16. The molecule has 7 heteroatoms. The SMILES string of the molecule is CCc1cc(C(=O)O)nn1Cc1cc(Cl)cc2cc(-c3ccccc3)nn12. The molecule has 0 amide bonds. The maximum absolute atomic E-state index is 11.2. The number of aryl methyl sites for hydroxylation is 1. The number of fused-ring (bicyclic) bond motifs is 1. The van der Waals surface area contributed by atoms with Crippen LogP contribution in [0.4, 0.5) is 0 Å². The Bertz CT molecular complexity index is 1130. The first-order chi connectivity index (χ1) is 13.0. The third-order valence-corrected chi connectivity index (χ3v) is 4.64. The Labute approximate surface area is 160 Å². The second-order valence-electron chi connectivity index (χ2n) is 6.23. The summed E-state index contributed by atoms with van der Waals surface area (Å²) in [6.45, 7) is 2.34. The fourth-order valence-electron chi connectivity index (χ4n) is 3.13. The second kappa shape index (κ2) is 6.89. The van der Waals surface area contributed by atoms with E-state index in [9.17, 15) is 9.90 Å². The lowest BCUT2D eigenvalue weighted by atomic mass is 10.1. The van der Waals surface area contributed by atoms with E-state index in [0.29, 0.717) is 18.0 Å². The number of hydrogen-bond donors (Lipinski definition) is 1. The van der Waals surface area contributed by atoms with Crippen LogP contribution in [0.5, 0.6) is 0 Å². The molecule has 3 heterocycles. The number of halogens is 1. The van der Waals surface area contributed by atoms with E-state index in [-0.39, 0.29) is 5.69 Å². The molecule has 4 rings (SSSR count). The van der Waals surface area contributed by atoms with Crippen LogP contribution in [-0.2, 0) is 13.0 Å². The number of carbonyl (C=O) groups is 1. The largest absolute Gasteiger partial charge is 0.476 e. The average Bonchev–Trinajstić information content (AvgIpc) is 3.26. The fourth-order valence-corrected chi connectivity index (χ4v) is 3.37. The van der Waals surface area contributed by atoms with Crippen LogP contribution in [0.2, 0.25) is 5.02 Å². The van der Waals surface area contributed by atoms with Gasteiger partial charge in [-0.15, -0.1) is 0 Å². The van der Waals surface area contributed by atoms with Crippen LogP contribution >= 0.6 is 11.6 Å². The number of pyridine rings is 1. The average molecular weight is 381 g/mol. The number of nitrogens with zero attached hydrogens (tertiary/aromatic N) is 4. The van der Waals surface area contributed by atoms with Gasteiger partial charge in [-0.25, -0.2) is 9.31 Å². The molecule has 0 aliphatic carbocycles. The molecule has 1 aromatic carbocycles. The number of hydrogen-bond acceptors (Lipinski definition) is 3. The normalized spacial score (nSPS) is 11.2. The Morgan fingerprint density at radius 3 is 2.56 bits per heavy atom. The molecule has 4 aromatic rings. The van der Waals surface area contributed by atoms with Crippen molar-refractivity contribution in [2.75, 3.05) is 0 Å². The summed E-state index contributed by atoms with van der Waals surface area (Å²) in [6.07, 6.45) is 0.679. The van der Waals surface area contributed by atoms with E-state index in [1.807, 2.05) is 60.0 Å². The van der Waals surface area contributed by atoms with Crippen molar-refractivity contribution in [2.45, 2.75) is 19.9 Å². The molecule has 6 nitrogen and oxygen atoms in total. The van der Waals surface area contributed by atoms with Crippen molar-refractivity contribution in [2.24, 2.45) is 0 Å². The Morgan fingerprint density at radius 1 is 1.07 bits per heavy atom. The molecule has 0 aliphatic heterocycles. The summed E-state index contributed by atoms with van der Waals surface area (Å²) in [5, 5.41) is 18.7. The molecule has 0 saturated carbocycles. The smallest absolute Gasteiger partial charge is 0.356 e. The van der Waals surface area contributed by atoms with Gasteiger partial charge in [0, 0.05) is 16.3 Å². The zero-order chi connectivity index (χ0) is 19.0. The molecular weight excluding hydrogens is 364 g/mol. The monoisotopic (exact) mass is 380 g/mol. The second-order valence-corrected chi connectivity index (χ2v) is 6.67. The van der Waals surface area contributed by atoms with Gasteiger partial charge in [-0.05, 0) is 30.7 Å². The van der Waals surface area contributed by atoms with Gasteiger partial charge in [0.2, 0.25) is 0 Å². The van der Waals surface area contributed by atoms with E-state index >= 15 is 0 Å². The van der Waals surface area contributed by atoms with Crippen LogP contribution in [0.3, 0.4) is 0 Å².